The minimum absolute atomic E-state index is 0.187. The van der Waals surface area contributed by atoms with Crippen molar-refractivity contribution in [2.45, 2.75) is 17.9 Å². The molecule has 0 aliphatic carbocycles. The molecule has 0 amide bonds. The summed E-state index contributed by atoms with van der Waals surface area (Å²) in [4.78, 5) is 2.26. The summed E-state index contributed by atoms with van der Waals surface area (Å²) in [6.45, 7) is 3.11. The summed E-state index contributed by atoms with van der Waals surface area (Å²) < 4.78 is 27.7. The van der Waals surface area contributed by atoms with Gasteiger partial charge in [-0.15, -0.1) is 0 Å². The zero-order valence-corrected chi connectivity index (χ0v) is 14.3. The fourth-order valence-corrected chi connectivity index (χ4v) is 4.70. The van der Waals surface area contributed by atoms with Crippen LogP contribution >= 0.6 is 15.9 Å². The Balaban J connectivity index is 2.32. The number of halogens is 1. The van der Waals surface area contributed by atoms with Crippen molar-refractivity contribution >= 4 is 31.6 Å². The molecule has 1 aromatic rings. The largest absolute Gasteiger partial charge is 0.398 e. The zero-order chi connectivity index (χ0) is 15.1. The molecule has 0 bridgehead atoms. The van der Waals surface area contributed by atoms with Gasteiger partial charge in [0.1, 0.15) is 4.90 Å². The molecule has 112 valence electrons. The first-order valence-electron chi connectivity index (χ1n) is 6.45. The molecule has 1 aliphatic heterocycles. The average molecular weight is 362 g/mol. The van der Waals surface area contributed by atoms with Crippen molar-refractivity contribution in [1.82, 2.24) is 9.21 Å². The smallest absolute Gasteiger partial charge is 0.245 e. The minimum atomic E-state index is -3.52. The fraction of sp³-hybridized carbons (Fsp3) is 0.538. The molecular formula is C13H20BrN3O2S. The highest BCUT2D eigenvalue weighted by atomic mass is 79.9. The Morgan fingerprint density at radius 3 is 2.50 bits per heavy atom. The number of sulfonamides is 1. The second-order valence-corrected chi connectivity index (χ2v) is 8.33. The zero-order valence-electron chi connectivity index (χ0n) is 11.9. The number of rotatable bonds is 3. The van der Waals surface area contributed by atoms with Crippen LogP contribution in [0.2, 0.25) is 0 Å². The monoisotopic (exact) mass is 361 g/mol. The quantitative estimate of drug-likeness (QED) is 0.830. The average Bonchev–Trinajstić information content (AvgIpc) is 2.71. The van der Waals surface area contributed by atoms with E-state index in [1.807, 2.05) is 14.1 Å². The third-order valence-corrected chi connectivity index (χ3v) is 6.19. The summed E-state index contributed by atoms with van der Waals surface area (Å²) in [5.74, 6) is 0.302. The summed E-state index contributed by atoms with van der Waals surface area (Å²) in [5, 5.41) is 0. The first kappa shape index (κ1) is 15.8. The lowest BCUT2D eigenvalue weighted by Gasteiger charge is -2.22. The lowest BCUT2D eigenvalue weighted by molar-refractivity contribution is 0.263. The molecule has 0 spiro atoms. The molecule has 0 radical (unpaired) electrons. The highest BCUT2D eigenvalue weighted by Crippen LogP contribution is 2.30. The normalized spacial score (nSPS) is 24.4. The number of benzene rings is 1. The summed E-state index contributed by atoms with van der Waals surface area (Å²) in [7, 11) is 0.430. The Bertz CT molecular complexity index is 604. The lowest BCUT2D eigenvalue weighted by atomic mass is 10.1. The Morgan fingerprint density at radius 2 is 2.00 bits per heavy atom. The van der Waals surface area contributed by atoms with Gasteiger partial charge in [0.25, 0.3) is 0 Å². The molecule has 7 heteroatoms. The molecule has 20 heavy (non-hydrogen) atoms. The summed E-state index contributed by atoms with van der Waals surface area (Å²) in [6.07, 6.45) is 0. The van der Waals surface area contributed by atoms with E-state index in [0.29, 0.717) is 19.0 Å². The van der Waals surface area contributed by atoms with E-state index in [1.165, 1.54) is 4.31 Å². The predicted octanol–water partition coefficient (Wildman–Crippen LogP) is 1.60. The van der Waals surface area contributed by atoms with Crippen molar-refractivity contribution in [2.24, 2.45) is 5.92 Å². The molecule has 0 aromatic heterocycles. The van der Waals surface area contributed by atoms with Gasteiger partial charge in [0.05, 0.1) is 5.69 Å². The topological polar surface area (TPSA) is 66.6 Å². The molecular weight excluding hydrogens is 342 g/mol. The second-order valence-electron chi connectivity index (χ2n) is 5.51. The van der Waals surface area contributed by atoms with Gasteiger partial charge in [-0.1, -0.05) is 22.9 Å². The molecule has 2 atom stereocenters. The van der Waals surface area contributed by atoms with Crippen molar-refractivity contribution in [3.63, 3.8) is 0 Å². The predicted molar refractivity (Wildman–Crippen MR) is 84.0 cm³/mol. The van der Waals surface area contributed by atoms with Gasteiger partial charge >= 0.3 is 0 Å². The molecule has 1 heterocycles. The van der Waals surface area contributed by atoms with Crippen LogP contribution in [-0.2, 0) is 10.0 Å². The third-order valence-electron chi connectivity index (χ3n) is 3.79. The van der Waals surface area contributed by atoms with Crippen molar-refractivity contribution < 1.29 is 8.42 Å². The van der Waals surface area contributed by atoms with Gasteiger partial charge in [0.2, 0.25) is 10.0 Å². The van der Waals surface area contributed by atoms with Crippen LogP contribution in [0.3, 0.4) is 0 Å². The molecule has 2 rings (SSSR count). The molecule has 1 aliphatic rings. The summed E-state index contributed by atoms with van der Waals surface area (Å²) in [6, 6.07) is 5.12. The molecule has 0 saturated carbocycles. The van der Waals surface area contributed by atoms with Crippen LogP contribution in [0.1, 0.15) is 6.92 Å². The van der Waals surface area contributed by atoms with Crippen molar-refractivity contribution in [1.29, 1.82) is 0 Å². The molecule has 1 saturated heterocycles. The van der Waals surface area contributed by atoms with Crippen molar-refractivity contribution in [3.05, 3.63) is 22.7 Å². The van der Waals surface area contributed by atoms with E-state index in [-0.39, 0.29) is 16.6 Å². The second kappa shape index (κ2) is 5.63. The van der Waals surface area contributed by atoms with E-state index in [0.717, 1.165) is 4.47 Å². The first-order chi connectivity index (χ1) is 9.23. The first-order valence-corrected chi connectivity index (χ1v) is 8.68. The number of hydrogen-bond acceptors (Lipinski definition) is 4. The summed E-state index contributed by atoms with van der Waals surface area (Å²) >= 11 is 3.29. The van der Waals surface area contributed by atoms with E-state index in [9.17, 15) is 8.42 Å². The van der Waals surface area contributed by atoms with Gasteiger partial charge in [-0.2, -0.15) is 4.31 Å². The van der Waals surface area contributed by atoms with Crippen molar-refractivity contribution in [2.75, 3.05) is 32.9 Å². The standard InChI is InChI=1S/C13H20BrN3O2S/c1-9-7-17(8-12(9)16(2)3)20(18,19)13-5-4-10(14)6-11(13)15/h4-6,9,12H,7-8,15H2,1-3H3. The Labute approximate surface area is 128 Å². The van der Waals surface area contributed by atoms with E-state index in [1.54, 1.807) is 18.2 Å². The Hall–Kier alpha value is -0.630. The molecule has 1 fully saturated rings. The third kappa shape index (κ3) is 2.86. The maximum Gasteiger partial charge on any atom is 0.245 e. The number of nitrogens with two attached hydrogens (primary N) is 1. The van der Waals surface area contributed by atoms with Gasteiger partial charge in [0.15, 0.2) is 0 Å². The van der Waals surface area contributed by atoms with Gasteiger partial charge in [-0.25, -0.2) is 8.42 Å². The van der Waals surface area contributed by atoms with Crippen LogP contribution in [0.5, 0.6) is 0 Å². The van der Waals surface area contributed by atoms with E-state index < -0.39 is 10.0 Å². The molecule has 2 unspecified atom stereocenters. The molecule has 1 aromatic carbocycles. The Morgan fingerprint density at radius 1 is 1.35 bits per heavy atom. The minimum Gasteiger partial charge on any atom is -0.398 e. The van der Waals surface area contributed by atoms with E-state index in [4.69, 9.17) is 5.73 Å². The summed E-state index contributed by atoms with van der Waals surface area (Å²) in [5.41, 5.74) is 6.14. The number of hydrogen-bond donors (Lipinski definition) is 1. The number of anilines is 1. The van der Waals surface area contributed by atoms with Gasteiger partial charge < -0.3 is 10.6 Å². The van der Waals surface area contributed by atoms with Gasteiger partial charge in [-0.05, 0) is 38.2 Å². The van der Waals surface area contributed by atoms with E-state index in [2.05, 4.69) is 27.8 Å². The van der Waals surface area contributed by atoms with Crippen LogP contribution in [0.25, 0.3) is 0 Å². The van der Waals surface area contributed by atoms with Crippen LogP contribution in [0.4, 0.5) is 5.69 Å². The number of nitrogen functional groups attached to an aromatic ring is 1. The molecule has 2 N–H and O–H groups in total. The van der Waals surface area contributed by atoms with Crippen LogP contribution < -0.4 is 5.73 Å². The van der Waals surface area contributed by atoms with Crippen LogP contribution in [0, 0.1) is 5.92 Å². The highest BCUT2D eigenvalue weighted by Gasteiger charge is 2.38. The lowest BCUT2D eigenvalue weighted by Crippen LogP contribution is -2.35. The van der Waals surface area contributed by atoms with Crippen LogP contribution in [0.15, 0.2) is 27.6 Å². The number of likely N-dealkylation sites (N-methyl/N-ethyl adjacent to an activating group) is 1. The SMILES string of the molecule is CC1CN(S(=O)(=O)c2ccc(Br)cc2N)CC1N(C)C. The van der Waals surface area contributed by atoms with Gasteiger partial charge in [0, 0.05) is 23.6 Å². The molecule has 5 nitrogen and oxygen atoms in total. The fourth-order valence-electron chi connectivity index (χ4n) is 2.67. The Kier molecular flexibility index (Phi) is 4.44. The van der Waals surface area contributed by atoms with Crippen LogP contribution in [-0.4, -0.2) is 50.8 Å². The van der Waals surface area contributed by atoms with E-state index >= 15 is 0 Å². The number of nitrogens with zero attached hydrogens (tertiary/aromatic N) is 2. The highest BCUT2D eigenvalue weighted by molar-refractivity contribution is 9.10. The maximum atomic E-state index is 12.7. The van der Waals surface area contributed by atoms with Crippen molar-refractivity contribution in [3.8, 4) is 0 Å². The maximum absolute atomic E-state index is 12.7. The van der Waals surface area contributed by atoms with Gasteiger partial charge in [-0.3, -0.25) is 0 Å².